The number of H-pyrrole nitrogens is 1. The number of aryl methyl sites for hydroxylation is 2. The highest BCUT2D eigenvalue weighted by atomic mass is 19.1. The molecule has 25 heavy (non-hydrogen) atoms. The van der Waals surface area contributed by atoms with Gasteiger partial charge in [-0.15, -0.1) is 0 Å². The first-order valence-electron chi connectivity index (χ1n) is 8.52. The summed E-state index contributed by atoms with van der Waals surface area (Å²) in [6.07, 6.45) is 3.03. The van der Waals surface area contributed by atoms with Crippen LogP contribution in [-0.2, 0) is 16.8 Å². The van der Waals surface area contributed by atoms with Crippen molar-refractivity contribution in [1.29, 1.82) is 0 Å². The molecule has 1 fully saturated rings. The minimum absolute atomic E-state index is 0.0497. The van der Waals surface area contributed by atoms with Gasteiger partial charge < -0.3 is 10.0 Å². The Bertz CT molecular complexity index is 747. The van der Waals surface area contributed by atoms with Crippen molar-refractivity contribution < 1.29 is 14.3 Å². The Hall–Kier alpha value is -2.28. The maximum absolute atomic E-state index is 13.9. The molecule has 6 nitrogen and oxygen atoms in total. The van der Waals surface area contributed by atoms with Gasteiger partial charge in [0.15, 0.2) is 0 Å². The number of amides is 1. The third-order valence-corrected chi connectivity index (χ3v) is 5.07. The van der Waals surface area contributed by atoms with Crippen molar-refractivity contribution >= 4 is 5.91 Å². The van der Waals surface area contributed by atoms with Crippen molar-refractivity contribution in [2.45, 2.75) is 45.1 Å². The number of carbonyl (C=O) groups excluding carboxylic acids is 1. The molecule has 134 valence electrons. The molecular weight excluding hydrogens is 323 g/mol. The first-order chi connectivity index (χ1) is 11.9. The third-order valence-electron chi connectivity index (χ3n) is 5.07. The molecule has 1 aliphatic heterocycles. The van der Waals surface area contributed by atoms with Gasteiger partial charge >= 0.3 is 0 Å². The van der Waals surface area contributed by atoms with Gasteiger partial charge in [0.05, 0.1) is 11.3 Å². The van der Waals surface area contributed by atoms with Crippen LogP contribution >= 0.6 is 0 Å². The van der Waals surface area contributed by atoms with E-state index in [0.29, 0.717) is 38.8 Å². The number of hydrogen-bond donors (Lipinski definition) is 2. The van der Waals surface area contributed by atoms with Crippen LogP contribution < -0.4 is 0 Å². The fraction of sp³-hybridized carbons (Fsp3) is 0.500. The van der Waals surface area contributed by atoms with Crippen LogP contribution in [0.1, 0.15) is 41.8 Å². The Labute approximate surface area is 146 Å². The molecule has 1 aliphatic rings. The molecule has 2 N–H and O–H groups in total. The second kappa shape index (κ2) is 6.92. The van der Waals surface area contributed by atoms with Crippen LogP contribution in [0.4, 0.5) is 4.39 Å². The van der Waals surface area contributed by atoms with E-state index < -0.39 is 11.5 Å². The summed E-state index contributed by atoms with van der Waals surface area (Å²) < 4.78 is 13.9. The summed E-state index contributed by atoms with van der Waals surface area (Å²) in [5.41, 5.74) is 1.95. The average Bonchev–Trinajstić information content (AvgIpc) is 2.92. The number of nitrogens with zero attached hydrogens (tertiary/aromatic N) is 3. The number of aromatic nitrogens is 3. The normalized spacial score (nSPS) is 16.9. The Morgan fingerprint density at radius 1 is 1.40 bits per heavy atom. The smallest absolute Gasteiger partial charge is 0.222 e. The van der Waals surface area contributed by atoms with E-state index in [-0.39, 0.29) is 11.5 Å². The van der Waals surface area contributed by atoms with E-state index in [1.165, 1.54) is 6.20 Å². The highest BCUT2D eigenvalue weighted by Gasteiger charge is 2.37. The first-order valence-corrected chi connectivity index (χ1v) is 8.52. The zero-order chi connectivity index (χ0) is 18.0. The number of hydrogen-bond acceptors (Lipinski definition) is 4. The van der Waals surface area contributed by atoms with Crippen molar-refractivity contribution in [3.63, 3.8) is 0 Å². The molecule has 0 aliphatic carbocycles. The number of halogens is 1. The topological polar surface area (TPSA) is 82.1 Å². The van der Waals surface area contributed by atoms with Crippen LogP contribution in [-0.4, -0.2) is 44.2 Å². The predicted molar refractivity (Wildman–Crippen MR) is 90.3 cm³/mol. The molecule has 2 aromatic rings. The summed E-state index contributed by atoms with van der Waals surface area (Å²) in [5, 5.41) is 17.8. The van der Waals surface area contributed by atoms with E-state index in [4.69, 9.17) is 0 Å². The summed E-state index contributed by atoms with van der Waals surface area (Å²) in [4.78, 5) is 17.8. The van der Waals surface area contributed by atoms with Gasteiger partial charge in [0.2, 0.25) is 11.9 Å². The van der Waals surface area contributed by atoms with Crippen LogP contribution in [0.25, 0.3) is 0 Å². The van der Waals surface area contributed by atoms with Gasteiger partial charge in [0, 0.05) is 37.0 Å². The van der Waals surface area contributed by atoms with Crippen molar-refractivity contribution in [2.75, 3.05) is 13.1 Å². The molecule has 0 radical (unpaired) electrons. The molecule has 0 unspecified atom stereocenters. The monoisotopic (exact) mass is 346 g/mol. The van der Waals surface area contributed by atoms with Crippen molar-refractivity contribution in [1.82, 2.24) is 20.1 Å². The lowest BCUT2D eigenvalue weighted by atomic mass is 9.85. The second-order valence-corrected chi connectivity index (χ2v) is 6.67. The van der Waals surface area contributed by atoms with Crippen molar-refractivity contribution in [2.24, 2.45) is 0 Å². The van der Waals surface area contributed by atoms with Crippen LogP contribution in [0.5, 0.6) is 0 Å². The molecule has 2 aromatic heterocycles. The minimum Gasteiger partial charge on any atom is -0.385 e. The number of nitrogens with one attached hydrogen (secondary N) is 1. The molecule has 7 heteroatoms. The molecule has 0 aromatic carbocycles. The lowest BCUT2D eigenvalue weighted by Crippen LogP contribution is -2.45. The maximum Gasteiger partial charge on any atom is 0.222 e. The largest absolute Gasteiger partial charge is 0.385 e. The number of aromatic amines is 1. The van der Waals surface area contributed by atoms with Gasteiger partial charge in [0.1, 0.15) is 0 Å². The summed E-state index contributed by atoms with van der Waals surface area (Å²) in [6.45, 7) is 4.69. The maximum atomic E-state index is 13.9. The van der Waals surface area contributed by atoms with Gasteiger partial charge in [-0.2, -0.15) is 9.49 Å². The number of likely N-dealkylation sites (tertiary alicyclic amines) is 1. The van der Waals surface area contributed by atoms with Crippen molar-refractivity contribution in [3.05, 3.63) is 46.8 Å². The summed E-state index contributed by atoms with van der Waals surface area (Å²) in [6, 6.07) is 3.17. The Morgan fingerprint density at radius 2 is 2.12 bits per heavy atom. The molecule has 0 saturated carbocycles. The molecule has 3 rings (SSSR count). The summed E-state index contributed by atoms with van der Waals surface area (Å²) >= 11 is 0. The van der Waals surface area contributed by atoms with Crippen LogP contribution in [0.2, 0.25) is 0 Å². The van der Waals surface area contributed by atoms with E-state index in [1.807, 2.05) is 13.8 Å². The third kappa shape index (κ3) is 3.56. The summed E-state index contributed by atoms with van der Waals surface area (Å²) in [5.74, 6) is -0.593. The molecule has 1 saturated heterocycles. The minimum atomic E-state index is -1.26. The van der Waals surface area contributed by atoms with Gasteiger partial charge in [-0.05, 0) is 44.7 Å². The fourth-order valence-electron chi connectivity index (χ4n) is 3.46. The first kappa shape index (κ1) is 17.5. The van der Waals surface area contributed by atoms with E-state index in [9.17, 15) is 14.3 Å². The van der Waals surface area contributed by atoms with Crippen LogP contribution in [0.15, 0.2) is 18.3 Å². The van der Waals surface area contributed by atoms with Crippen molar-refractivity contribution in [3.8, 4) is 0 Å². The number of aliphatic hydroxyl groups is 1. The van der Waals surface area contributed by atoms with E-state index in [1.54, 1.807) is 17.0 Å². The molecule has 0 atom stereocenters. The SMILES string of the molecule is Cc1n[nH]c(C)c1CCC(=O)N1CCC(O)(c2cccnc2F)CC1. The Balaban J connectivity index is 1.58. The molecular formula is C18H23FN4O2. The quantitative estimate of drug-likeness (QED) is 0.830. The predicted octanol–water partition coefficient (Wildman–Crippen LogP) is 2.00. The lowest BCUT2D eigenvalue weighted by Gasteiger charge is -2.38. The Kier molecular flexibility index (Phi) is 4.85. The fourth-order valence-corrected chi connectivity index (χ4v) is 3.46. The highest BCUT2D eigenvalue weighted by Crippen LogP contribution is 2.33. The van der Waals surface area contributed by atoms with E-state index >= 15 is 0 Å². The lowest BCUT2D eigenvalue weighted by molar-refractivity contribution is -0.135. The van der Waals surface area contributed by atoms with Crippen LogP contribution in [0, 0.1) is 19.8 Å². The van der Waals surface area contributed by atoms with Gasteiger partial charge in [-0.3, -0.25) is 9.89 Å². The highest BCUT2D eigenvalue weighted by molar-refractivity contribution is 5.76. The molecule has 0 spiro atoms. The second-order valence-electron chi connectivity index (χ2n) is 6.67. The van der Waals surface area contributed by atoms with Crippen LogP contribution in [0.3, 0.4) is 0 Å². The standard InChI is InChI=1S/C18H23FN4O2/c1-12-14(13(2)22-21-12)5-6-16(24)23-10-7-18(25,8-11-23)15-4-3-9-20-17(15)19/h3-4,9,25H,5-8,10-11H2,1-2H3,(H,21,22). The molecule has 0 bridgehead atoms. The van der Waals surface area contributed by atoms with E-state index in [0.717, 1.165) is 17.0 Å². The zero-order valence-electron chi connectivity index (χ0n) is 14.5. The zero-order valence-corrected chi connectivity index (χ0v) is 14.5. The van der Waals surface area contributed by atoms with Gasteiger partial charge in [-0.1, -0.05) is 6.07 Å². The molecule has 3 heterocycles. The number of pyridine rings is 1. The average molecular weight is 346 g/mol. The number of carbonyl (C=O) groups is 1. The molecule has 1 amide bonds. The Morgan fingerprint density at radius 3 is 2.72 bits per heavy atom. The summed E-state index contributed by atoms with van der Waals surface area (Å²) in [7, 11) is 0. The van der Waals surface area contributed by atoms with Gasteiger partial charge in [0.25, 0.3) is 0 Å². The van der Waals surface area contributed by atoms with E-state index in [2.05, 4.69) is 15.2 Å². The number of piperidine rings is 1. The number of rotatable bonds is 4. The van der Waals surface area contributed by atoms with Gasteiger partial charge in [-0.25, -0.2) is 4.98 Å².